The Morgan fingerprint density at radius 2 is 2.24 bits per heavy atom. The van der Waals surface area contributed by atoms with Crippen LogP contribution < -0.4 is 5.32 Å². The highest BCUT2D eigenvalue weighted by atomic mass is 16.2. The number of nitrogens with one attached hydrogen (secondary N) is 2. The summed E-state index contributed by atoms with van der Waals surface area (Å²) in [4.78, 5) is 25.3. The summed E-state index contributed by atoms with van der Waals surface area (Å²) in [5.74, 6) is 0.0537. The first-order valence-electron chi connectivity index (χ1n) is 7.50. The van der Waals surface area contributed by atoms with Gasteiger partial charge in [0, 0.05) is 37.2 Å². The highest BCUT2D eigenvalue weighted by Gasteiger charge is 2.20. The molecule has 0 saturated carbocycles. The van der Waals surface area contributed by atoms with Crippen molar-refractivity contribution < 1.29 is 9.59 Å². The number of carbonyl (C=O) groups is 2. The average molecular weight is 292 g/mol. The van der Waals surface area contributed by atoms with Crippen molar-refractivity contribution in [2.24, 2.45) is 0 Å². The fraction of sp³-hybridized carbons (Fsp3) is 0.667. The number of hydrogen-bond donors (Lipinski definition) is 2. The van der Waals surface area contributed by atoms with Gasteiger partial charge in [0.2, 0.25) is 5.91 Å². The minimum absolute atomic E-state index is 0.0539. The van der Waals surface area contributed by atoms with E-state index < -0.39 is 0 Å². The number of amides is 2. The van der Waals surface area contributed by atoms with Gasteiger partial charge in [-0.1, -0.05) is 20.8 Å². The standard InChI is InChI=1S/C15H24N4O2/c1-15(2,3)12-10-11(17-18-12)14(21)16-7-5-9-19-8-4-6-13(19)20/h10H,4-9H2,1-3H3,(H,16,21)(H,17,18). The van der Waals surface area contributed by atoms with Gasteiger partial charge in [0.1, 0.15) is 5.69 Å². The van der Waals surface area contributed by atoms with Crippen LogP contribution in [0.2, 0.25) is 0 Å². The van der Waals surface area contributed by atoms with Gasteiger partial charge in [0.05, 0.1) is 0 Å². The van der Waals surface area contributed by atoms with Gasteiger partial charge in [-0.25, -0.2) is 0 Å². The van der Waals surface area contributed by atoms with Gasteiger partial charge >= 0.3 is 0 Å². The van der Waals surface area contributed by atoms with Crippen molar-refractivity contribution in [1.82, 2.24) is 20.4 Å². The number of likely N-dealkylation sites (tertiary alicyclic amines) is 1. The van der Waals surface area contributed by atoms with E-state index in [0.717, 1.165) is 25.1 Å². The van der Waals surface area contributed by atoms with Crippen LogP contribution in [0.25, 0.3) is 0 Å². The summed E-state index contributed by atoms with van der Waals surface area (Å²) in [5, 5.41) is 9.80. The number of H-pyrrole nitrogens is 1. The summed E-state index contributed by atoms with van der Waals surface area (Å²) in [6, 6.07) is 1.79. The van der Waals surface area contributed by atoms with Crippen molar-refractivity contribution in [2.75, 3.05) is 19.6 Å². The van der Waals surface area contributed by atoms with E-state index in [0.29, 0.717) is 25.2 Å². The molecule has 6 nitrogen and oxygen atoms in total. The lowest BCUT2D eigenvalue weighted by Gasteiger charge is -2.15. The quantitative estimate of drug-likeness (QED) is 0.806. The van der Waals surface area contributed by atoms with Crippen molar-refractivity contribution in [3.05, 3.63) is 17.5 Å². The molecule has 2 N–H and O–H groups in total. The minimum atomic E-state index is -0.172. The topological polar surface area (TPSA) is 78.1 Å². The number of nitrogens with zero attached hydrogens (tertiary/aromatic N) is 2. The van der Waals surface area contributed by atoms with Gasteiger partial charge in [0.15, 0.2) is 0 Å². The number of carbonyl (C=O) groups excluding carboxylic acids is 2. The Kier molecular flexibility index (Phi) is 4.65. The van der Waals surface area contributed by atoms with E-state index in [1.807, 2.05) is 4.90 Å². The lowest BCUT2D eigenvalue weighted by Crippen LogP contribution is -2.30. The van der Waals surface area contributed by atoms with Crippen molar-refractivity contribution in [3.8, 4) is 0 Å². The third-order valence-corrected chi connectivity index (χ3v) is 3.68. The maximum atomic E-state index is 12.0. The third kappa shape index (κ3) is 4.06. The Morgan fingerprint density at radius 3 is 2.81 bits per heavy atom. The van der Waals surface area contributed by atoms with Crippen molar-refractivity contribution >= 4 is 11.8 Å². The zero-order valence-electron chi connectivity index (χ0n) is 13.0. The summed E-state index contributed by atoms with van der Waals surface area (Å²) in [6.07, 6.45) is 2.39. The van der Waals surface area contributed by atoms with Crippen LogP contribution >= 0.6 is 0 Å². The molecule has 1 aromatic rings. The Balaban J connectivity index is 1.74. The van der Waals surface area contributed by atoms with Gasteiger partial charge in [-0.05, 0) is 18.9 Å². The largest absolute Gasteiger partial charge is 0.351 e. The zero-order chi connectivity index (χ0) is 15.5. The molecular weight excluding hydrogens is 268 g/mol. The molecule has 1 saturated heterocycles. The molecule has 1 fully saturated rings. The van der Waals surface area contributed by atoms with E-state index in [1.54, 1.807) is 6.07 Å². The first-order chi connectivity index (χ1) is 9.88. The summed E-state index contributed by atoms with van der Waals surface area (Å²) in [6.45, 7) is 8.31. The van der Waals surface area contributed by atoms with E-state index in [4.69, 9.17) is 0 Å². The molecule has 0 unspecified atom stereocenters. The molecule has 0 aromatic carbocycles. The summed E-state index contributed by atoms with van der Waals surface area (Å²) in [5.41, 5.74) is 1.30. The van der Waals surface area contributed by atoms with Crippen LogP contribution in [0.4, 0.5) is 0 Å². The SMILES string of the molecule is CC(C)(C)c1cc(C(=O)NCCCN2CCCC2=O)n[nH]1. The molecule has 0 atom stereocenters. The van der Waals surface area contributed by atoms with Crippen molar-refractivity contribution in [2.45, 2.75) is 45.4 Å². The van der Waals surface area contributed by atoms with Gasteiger partial charge in [-0.2, -0.15) is 5.10 Å². The number of aromatic nitrogens is 2. The highest BCUT2D eigenvalue weighted by molar-refractivity contribution is 5.92. The molecule has 1 aliphatic heterocycles. The van der Waals surface area contributed by atoms with Gasteiger partial charge < -0.3 is 10.2 Å². The Labute approximate surface area is 125 Å². The maximum absolute atomic E-state index is 12.0. The lowest BCUT2D eigenvalue weighted by atomic mass is 9.92. The second-order valence-electron chi connectivity index (χ2n) is 6.51. The van der Waals surface area contributed by atoms with Crippen LogP contribution in [0.1, 0.15) is 56.2 Å². The average Bonchev–Trinajstić information content (AvgIpc) is 3.03. The van der Waals surface area contributed by atoms with E-state index in [1.165, 1.54) is 0 Å². The van der Waals surface area contributed by atoms with E-state index in [-0.39, 0.29) is 17.2 Å². The van der Waals surface area contributed by atoms with Crippen molar-refractivity contribution in [3.63, 3.8) is 0 Å². The summed E-state index contributed by atoms with van der Waals surface area (Å²) >= 11 is 0. The molecule has 2 rings (SSSR count). The molecule has 1 aliphatic rings. The highest BCUT2D eigenvalue weighted by Crippen LogP contribution is 2.20. The fourth-order valence-corrected chi connectivity index (χ4v) is 2.33. The third-order valence-electron chi connectivity index (χ3n) is 3.68. The number of rotatable bonds is 5. The fourth-order valence-electron chi connectivity index (χ4n) is 2.33. The van der Waals surface area contributed by atoms with Crippen LogP contribution in [-0.4, -0.2) is 46.5 Å². The smallest absolute Gasteiger partial charge is 0.271 e. The van der Waals surface area contributed by atoms with E-state index >= 15 is 0 Å². The molecular formula is C15H24N4O2. The van der Waals surface area contributed by atoms with Gasteiger partial charge in [-0.3, -0.25) is 14.7 Å². The van der Waals surface area contributed by atoms with Crippen molar-refractivity contribution in [1.29, 1.82) is 0 Å². The first kappa shape index (κ1) is 15.5. The minimum Gasteiger partial charge on any atom is -0.351 e. The first-order valence-corrected chi connectivity index (χ1v) is 7.50. The Morgan fingerprint density at radius 1 is 1.48 bits per heavy atom. The predicted molar refractivity (Wildman–Crippen MR) is 80.1 cm³/mol. The number of aromatic amines is 1. The van der Waals surface area contributed by atoms with E-state index in [2.05, 4.69) is 36.3 Å². The molecule has 1 aromatic heterocycles. The van der Waals surface area contributed by atoms with Crippen LogP contribution in [0.5, 0.6) is 0 Å². The van der Waals surface area contributed by atoms with Crippen LogP contribution in [-0.2, 0) is 10.2 Å². The molecule has 0 aliphatic carbocycles. The molecule has 0 radical (unpaired) electrons. The molecule has 2 heterocycles. The summed E-state index contributed by atoms with van der Waals surface area (Å²) in [7, 11) is 0. The van der Waals surface area contributed by atoms with Crippen LogP contribution in [0.15, 0.2) is 6.07 Å². The number of hydrogen-bond acceptors (Lipinski definition) is 3. The summed E-state index contributed by atoms with van der Waals surface area (Å²) < 4.78 is 0. The molecule has 0 spiro atoms. The molecule has 116 valence electrons. The maximum Gasteiger partial charge on any atom is 0.271 e. The second kappa shape index (κ2) is 6.28. The molecule has 21 heavy (non-hydrogen) atoms. The normalized spacial score (nSPS) is 15.6. The zero-order valence-corrected chi connectivity index (χ0v) is 13.0. The second-order valence-corrected chi connectivity index (χ2v) is 6.51. The monoisotopic (exact) mass is 292 g/mol. The molecule has 0 bridgehead atoms. The molecule has 6 heteroatoms. The lowest BCUT2D eigenvalue weighted by molar-refractivity contribution is -0.127. The van der Waals surface area contributed by atoms with Crippen LogP contribution in [0.3, 0.4) is 0 Å². The van der Waals surface area contributed by atoms with Gasteiger partial charge in [0.25, 0.3) is 5.91 Å². The Bertz CT molecular complexity index is 516. The Hall–Kier alpha value is -1.85. The van der Waals surface area contributed by atoms with Crippen LogP contribution in [0, 0.1) is 0 Å². The van der Waals surface area contributed by atoms with E-state index in [9.17, 15) is 9.59 Å². The molecule has 2 amide bonds. The predicted octanol–water partition coefficient (Wildman–Crippen LogP) is 1.45. The van der Waals surface area contributed by atoms with Gasteiger partial charge in [-0.15, -0.1) is 0 Å².